The van der Waals surface area contributed by atoms with E-state index in [-0.39, 0.29) is 11.9 Å². The van der Waals surface area contributed by atoms with Crippen LogP contribution >= 0.6 is 0 Å². The van der Waals surface area contributed by atoms with E-state index in [1.54, 1.807) is 6.20 Å². The number of benzene rings is 2. The van der Waals surface area contributed by atoms with Crippen molar-refractivity contribution in [2.75, 3.05) is 12.4 Å². The number of hydrogen-bond donors (Lipinski definition) is 2. The molecule has 0 fully saturated rings. The van der Waals surface area contributed by atoms with Gasteiger partial charge in [0.1, 0.15) is 7.05 Å². The molecule has 1 unspecified atom stereocenters. The Kier molecular flexibility index (Phi) is 5.71. The molecule has 5 heteroatoms. The van der Waals surface area contributed by atoms with Gasteiger partial charge in [0.15, 0.2) is 18.1 Å². The predicted molar refractivity (Wildman–Crippen MR) is 110 cm³/mol. The van der Waals surface area contributed by atoms with Crippen molar-refractivity contribution in [1.82, 2.24) is 5.32 Å². The first-order valence-corrected chi connectivity index (χ1v) is 8.89. The lowest BCUT2D eigenvalue weighted by atomic mass is 10.1. The molecule has 0 aliphatic carbocycles. The van der Waals surface area contributed by atoms with E-state index in [1.807, 2.05) is 92.6 Å². The largest absolute Gasteiger partial charge is 0.683 e. The summed E-state index contributed by atoms with van der Waals surface area (Å²) in [5.41, 5.74) is 4.57. The molecule has 0 bridgehead atoms. The number of hydrogen-bond acceptors (Lipinski definition) is 2. The number of anilines is 1. The SMILES string of the molecule is Cc1cccc(C(=O)Nc2cccc(C(C)[N-]C=CNC3=C[N+](C)=C3)c2)c1. The lowest BCUT2D eigenvalue weighted by Gasteiger charge is -2.26. The van der Waals surface area contributed by atoms with Gasteiger partial charge in [-0.1, -0.05) is 48.4 Å². The minimum absolute atomic E-state index is 0.0131. The highest BCUT2D eigenvalue weighted by Gasteiger charge is 2.09. The Balaban J connectivity index is 1.56. The van der Waals surface area contributed by atoms with Crippen LogP contribution in [0.1, 0.15) is 34.5 Å². The van der Waals surface area contributed by atoms with Crippen LogP contribution in [0.2, 0.25) is 0 Å². The van der Waals surface area contributed by atoms with Crippen molar-refractivity contribution < 1.29 is 9.37 Å². The predicted octanol–water partition coefficient (Wildman–Crippen LogP) is 4.31. The van der Waals surface area contributed by atoms with Crippen molar-refractivity contribution in [2.45, 2.75) is 19.9 Å². The molecule has 5 nitrogen and oxygen atoms in total. The molecule has 0 aromatic heterocycles. The molecule has 27 heavy (non-hydrogen) atoms. The Morgan fingerprint density at radius 3 is 2.70 bits per heavy atom. The van der Waals surface area contributed by atoms with Crippen LogP contribution in [-0.2, 0) is 0 Å². The van der Waals surface area contributed by atoms with Gasteiger partial charge in [-0.25, -0.2) is 4.58 Å². The standard InChI is InChI=1S/C22H24N4O/c1-16-6-4-8-19(12-16)22(27)25-20-9-5-7-18(13-20)17(2)23-10-11-24-21-14-26(3)15-21/h4-15,17,24H,1-3H3,(H,25,27). The summed E-state index contributed by atoms with van der Waals surface area (Å²) < 4.78 is 1.98. The second kappa shape index (κ2) is 8.36. The van der Waals surface area contributed by atoms with E-state index >= 15 is 0 Å². The van der Waals surface area contributed by atoms with Crippen LogP contribution in [0.25, 0.3) is 5.32 Å². The third-order valence-corrected chi connectivity index (χ3v) is 4.23. The van der Waals surface area contributed by atoms with Gasteiger partial charge in [-0.3, -0.25) is 4.79 Å². The molecule has 0 spiro atoms. The molecular weight excluding hydrogens is 336 g/mol. The highest BCUT2D eigenvalue weighted by molar-refractivity contribution is 6.04. The fourth-order valence-electron chi connectivity index (χ4n) is 2.76. The van der Waals surface area contributed by atoms with Crippen molar-refractivity contribution in [3.63, 3.8) is 0 Å². The van der Waals surface area contributed by atoms with Gasteiger partial charge in [-0.05, 0) is 37.4 Å². The van der Waals surface area contributed by atoms with Crippen LogP contribution in [0.15, 0.2) is 72.8 Å². The minimum Gasteiger partial charge on any atom is -0.683 e. The summed E-state index contributed by atoms with van der Waals surface area (Å²) >= 11 is 0. The van der Waals surface area contributed by atoms with Gasteiger partial charge >= 0.3 is 0 Å². The number of allylic oxidation sites excluding steroid dienone is 1. The van der Waals surface area contributed by atoms with Crippen molar-refractivity contribution in [3.05, 3.63) is 94.8 Å². The fraction of sp³-hybridized carbons (Fsp3) is 0.182. The number of amides is 1. The van der Waals surface area contributed by atoms with E-state index in [1.165, 1.54) is 0 Å². The molecule has 1 amide bonds. The maximum absolute atomic E-state index is 12.4. The summed E-state index contributed by atoms with van der Waals surface area (Å²) in [5.74, 6) is -0.112. The van der Waals surface area contributed by atoms with E-state index in [2.05, 4.69) is 16.0 Å². The number of rotatable bonds is 7. The molecule has 0 saturated heterocycles. The zero-order chi connectivity index (χ0) is 19.2. The third kappa shape index (κ3) is 5.07. The Hall–Kier alpha value is -3.34. The Morgan fingerprint density at radius 1 is 1.19 bits per heavy atom. The number of carbonyl (C=O) groups excluding carboxylic acids is 1. The van der Waals surface area contributed by atoms with Gasteiger partial charge in [0.25, 0.3) is 5.91 Å². The number of carbonyl (C=O) groups is 1. The van der Waals surface area contributed by atoms with Gasteiger partial charge in [0.05, 0.1) is 0 Å². The third-order valence-electron chi connectivity index (χ3n) is 4.23. The van der Waals surface area contributed by atoms with Crippen molar-refractivity contribution in [3.8, 4) is 0 Å². The highest BCUT2D eigenvalue weighted by atomic mass is 16.1. The van der Waals surface area contributed by atoms with Crippen LogP contribution < -0.4 is 10.6 Å². The molecule has 1 aliphatic heterocycles. The quantitative estimate of drug-likeness (QED) is 0.723. The molecule has 2 N–H and O–H groups in total. The Bertz CT molecular complexity index is 927. The van der Waals surface area contributed by atoms with Crippen molar-refractivity contribution >= 4 is 17.8 Å². The average Bonchev–Trinajstić information content (AvgIpc) is 2.63. The molecule has 138 valence electrons. The van der Waals surface area contributed by atoms with Gasteiger partial charge in [-0.15, -0.1) is 0 Å². The highest BCUT2D eigenvalue weighted by Crippen LogP contribution is 2.24. The number of nitrogens with one attached hydrogen (secondary N) is 2. The van der Waals surface area contributed by atoms with Crippen molar-refractivity contribution in [1.29, 1.82) is 0 Å². The summed E-state index contributed by atoms with van der Waals surface area (Å²) in [6, 6.07) is 15.3. The molecule has 1 aliphatic rings. The summed E-state index contributed by atoms with van der Waals surface area (Å²) in [4.78, 5) is 12.4. The van der Waals surface area contributed by atoms with Crippen LogP contribution in [-0.4, -0.2) is 23.7 Å². The molecule has 0 saturated carbocycles. The van der Waals surface area contributed by atoms with Crippen LogP contribution in [0.3, 0.4) is 0 Å². The lowest BCUT2D eigenvalue weighted by Crippen LogP contribution is -2.21. The summed E-state index contributed by atoms with van der Waals surface area (Å²) in [5, 5.41) is 10.6. The van der Waals surface area contributed by atoms with E-state index in [0.717, 1.165) is 22.5 Å². The van der Waals surface area contributed by atoms with Crippen LogP contribution in [0.4, 0.5) is 5.69 Å². The summed E-state index contributed by atoms with van der Waals surface area (Å²) in [6.07, 6.45) is 7.56. The topological polar surface area (TPSA) is 58.2 Å². The first kappa shape index (κ1) is 18.5. The summed E-state index contributed by atoms with van der Waals surface area (Å²) in [6.45, 7) is 4.00. The zero-order valence-electron chi connectivity index (χ0n) is 15.8. The smallest absolute Gasteiger partial charge is 0.255 e. The molecule has 1 heterocycles. The lowest BCUT2D eigenvalue weighted by molar-refractivity contribution is -0.429. The van der Waals surface area contributed by atoms with E-state index in [9.17, 15) is 4.79 Å². The maximum atomic E-state index is 12.4. The Labute approximate surface area is 160 Å². The number of nitrogens with zero attached hydrogens (tertiary/aromatic N) is 2. The fourth-order valence-corrected chi connectivity index (χ4v) is 2.76. The average molecular weight is 360 g/mol. The van der Waals surface area contributed by atoms with Crippen molar-refractivity contribution in [2.24, 2.45) is 0 Å². The van der Waals surface area contributed by atoms with E-state index in [4.69, 9.17) is 0 Å². The van der Waals surface area contributed by atoms with E-state index < -0.39 is 0 Å². The molecule has 2 aromatic carbocycles. The molecule has 3 rings (SSSR count). The molecular formula is C22H24N4O. The van der Waals surface area contributed by atoms with Gasteiger partial charge in [0.2, 0.25) is 0 Å². The molecule has 1 atom stereocenters. The second-order valence-corrected chi connectivity index (χ2v) is 6.61. The second-order valence-electron chi connectivity index (χ2n) is 6.61. The first-order valence-electron chi connectivity index (χ1n) is 8.89. The minimum atomic E-state index is -0.112. The monoisotopic (exact) mass is 360 g/mol. The van der Waals surface area contributed by atoms with Gasteiger partial charge < -0.3 is 16.0 Å². The summed E-state index contributed by atoms with van der Waals surface area (Å²) in [7, 11) is 1.98. The van der Waals surface area contributed by atoms with Crippen LogP contribution in [0.5, 0.6) is 0 Å². The zero-order valence-corrected chi connectivity index (χ0v) is 15.8. The molecule has 0 radical (unpaired) electrons. The van der Waals surface area contributed by atoms with Gasteiger partial charge in [0, 0.05) is 11.3 Å². The first-order chi connectivity index (χ1) is 13.0. The maximum Gasteiger partial charge on any atom is 0.255 e. The van der Waals surface area contributed by atoms with Gasteiger partial charge in [-0.2, -0.15) is 6.20 Å². The normalized spacial score (nSPS) is 14.0. The molecule has 2 aromatic rings. The number of aryl methyl sites for hydroxylation is 1. The Morgan fingerprint density at radius 2 is 1.96 bits per heavy atom. The van der Waals surface area contributed by atoms with Crippen LogP contribution in [0, 0.1) is 6.92 Å². The van der Waals surface area contributed by atoms with E-state index in [0.29, 0.717) is 5.56 Å².